The van der Waals surface area contributed by atoms with Crippen LogP contribution in [0.25, 0.3) is 11.0 Å². The second kappa shape index (κ2) is 9.37. The quantitative estimate of drug-likeness (QED) is 0.380. The third-order valence-electron chi connectivity index (χ3n) is 5.97. The number of aromatic amines is 1. The molecule has 1 unspecified atom stereocenters. The summed E-state index contributed by atoms with van der Waals surface area (Å²) in [5.74, 6) is 6.82. The zero-order valence-electron chi connectivity index (χ0n) is 19.4. The summed E-state index contributed by atoms with van der Waals surface area (Å²) in [5, 5.41) is 17.5. The van der Waals surface area contributed by atoms with E-state index in [2.05, 4.69) is 42.0 Å². The van der Waals surface area contributed by atoms with Gasteiger partial charge in [-0.25, -0.2) is 15.0 Å². The van der Waals surface area contributed by atoms with E-state index in [4.69, 9.17) is 0 Å². The van der Waals surface area contributed by atoms with Gasteiger partial charge in [-0.15, -0.1) is 11.3 Å². The summed E-state index contributed by atoms with van der Waals surface area (Å²) in [4.78, 5) is 31.9. The van der Waals surface area contributed by atoms with Crippen LogP contribution in [0.5, 0.6) is 0 Å². The van der Waals surface area contributed by atoms with Crippen molar-refractivity contribution in [1.29, 1.82) is 0 Å². The number of fused-ring (bicyclic) bond motifs is 1. The van der Waals surface area contributed by atoms with Crippen LogP contribution in [0.4, 0.5) is 17.2 Å². The fourth-order valence-electron chi connectivity index (χ4n) is 4.06. The second-order valence-electron chi connectivity index (χ2n) is 8.47. The highest BCUT2D eigenvalue weighted by atomic mass is 32.1. The Hall–Kier alpha value is -3.94. The zero-order chi connectivity index (χ0) is 24.4. The maximum Gasteiger partial charge on any atom is 0.219 e. The molecule has 1 aliphatic rings. The van der Waals surface area contributed by atoms with Crippen molar-refractivity contribution in [2.24, 2.45) is 0 Å². The Balaban J connectivity index is 1.49. The fraction of sp³-hybridized carbons (Fsp3) is 0.280. The Kier molecular flexibility index (Phi) is 6.11. The van der Waals surface area contributed by atoms with Crippen molar-refractivity contribution in [3.63, 3.8) is 0 Å². The van der Waals surface area contributed by atoms with Gasteiger partial charge >= 0.3 is 0 Å². The number of carbonyl (C=O) groups is 1. The summed E-state index contributed by atoms with van der Waals surface area (Å²) in [6, 6.07) is 7.84. The second-order valence-corrected chi connectivity index (χ2v) is 9.37. The van der Waals surface area contributed by atoms with Crippen molar-refractivity contribution in [2.45, 2.75) is 19.4 Å². The molecule has 10 heteroatoms. The van der Waals surface area contributed by atoms with Crippen LogP contribution in [0, 0.1) is 11.8 Å². The number of nitrogens with zero attached hydrogens (tertiary/aromatic N) is 5. The van der Waals surface area contributed by atoms with E-state index in [1.54, 1.807) is 20.0 Å². The molecular formula is C25H25N7O2S. The first-order valence-corrected chi connectivity index (χ1v) is 12.1. The van der Waals surface area contributed by atoms with Crippen LogP contribution in [0.15, 0.2) is 48.4 Å². The number of aliphatic hydroxyl groups is 1. The molecule has 0 saturated carbocycles. The zero-order valence-corrected chi connectivity index (χ0v) is 20.3. The standard InChI is InChI=1S/C25H25N7O2S/c1-17(33)31-10-12-32(13-11-31)21-4-3-18(5-7-25(2,34)24-27-9-14-35-24)15-20(21)30-23-19-6-8-26-22(19)28-16-29-23/h3-4,6,8-9,14-16,34H,10-13H2,1-2H3,(H2,26,28,29,30). The largest absolute Gasteiger partial charge is 0.371 e. The van der Waals surface area contributed by atoms with Gasteiger partial charge in [0.05, 0.1) is 16.8 Å². The molecule has 35 heavy (non-hydrogen) atoms. The van der Waals surface area contributed by atoms with Crippen molar-refractivity contribution >= 4 is 45.5 Å². The SMILES string of the molecule is CC(=O)N1CCN(c2ccc(C#CC(C)(O)c3nccs3)cc2Nc2ncnc3[nH]ccc23)CC1. The number of anilines is 3. The van der Waals surface area contributed by atoms with Gasteiger partial charge in [0, 0.05) is 56.4 Å². The highest BCUT2D eigenvalue weighted by molar-refractivity contribution is 7.09. The topological polar surface area (TPSA) is 110 Å². The van der Waals surface area contributed by atoms with E-state index in [-0.39, 0.29) is 5.91 Å². The number of benzene rings is 1. The molecule has 3 N–H and O–H groups in total. The molecule has 3 aromatic heterocycles. The molecule has 1 saturated heterocycles. The van der Waals surface area contributed by atoms with Gasteiger partial charge in [-0.05, 0) is 31.2 Å². The highest BCUT2D eigenvalue weighted by Gasteiger charge is 2.24. The lowest BCUT2D eigenvalue weighted by molar-refractivity contribution is -0.129. The van der Waals surface area contributed by atoms with Crippen LogP contribution in [-0.4, -0.2) is 62.0 Å². The Labute approximate surface area is 206 Å². The normalized spacial score (nSPS) is 15.4. The summed E-state index contributed by atoms with van der Waals surface area (Å²) in [6.07, 6.45) is 5.00. The minimum absolute atomic E-state index is 0.0942. The summed E-state index contributed by atoms with van der Waals surface area (Å²) in [7, 11) is 0. The smallest absolute Gasteiger partial charge is 0.219 e. The first-order chi connectivity index (χ1) is 16.9. The Morgan fingerprint density at radius 1 is 1.20 bits per heavy atom. The number of piperazine rings is 1. The number of aromatic nitrogens is 4. The van der Waals surface area contributed by atoms with Crippen LogP contribution >= 0.6 is 11.3 Å². The van der Waals surface area contributed by atoms with Gasteiger partial charge in [-0.2, -0.15) is 0 Å². The molecule has 5 rings (SSSR count). The van der Waals surface area contributed by atoms with E-state index < -0.39 is 5.60 Å². The van der Waals surface area contributed by atoms with Gasteiger partial charge < -0.3 is 25.2 Å². The molecule has 4 heterocycles. The van der Waals surface area contributed by atoms with E-state index >= 15 is 0 Å². The van der Waals surface area contributed by atoms with Crippen LogP contribution < -0.4 is 10.2 Å². The van der Waals surface area contributed by atoms with Gasteiger partial charge in [-0.3, -0.25) is 4.79 Å². The molecule has 0 bridgehead atoms. The lowest BCUT2D eigenvalue weighted by Crippen LogP contribution is -2.48. The first kappa shape index (κ1) is 22.8. The molecule has 4 aromatic rings. The number of thiazole rings is 1. The monoisotopic (exact) mass is 487 g/mol. The third kappa shape index (κ3) is 4.82. The summed E-state index contributed by atoms with van der Waals surface area (Å²) >= 11 is 1.37. The van der Waals surface area contributed by atoms with Gasteiger partial charge in [0.15, 0.2) is 5.60 Å². The molecule has 0 aliphatic carbocycles. The molecule has 178 valence electrons. The number of H-pyrrole nitrogens is 1. The fourth-order valence-corrected chi connectivity index (χ4v) is 4.72. The molecule has 9 nitrogen and oxygen atoms in total. The number of hydrogen-bond acceptors (Lipinski definition) is 8. The van der Waals surface area contributed by atoms with Crippen molar-refractivity contribution in [2.75, 3.05) is 36.4 Å². The van der Waals surface area contributed by atoms with E-state index in [9.17, 15) is 9.90 Å². The molecular weight excluding hydrogens is 462 g/mol. The number of nitrogens with one attached hydrogen (secondary N) is 2. The Morgan fingerprint density at radius 2 is 2.03 bits per heavy atom. The minimum atomic E-state index is -1.34. The molecule has 0 radical (unpaired) electrons. The summed E-state index contributed by atoms with van der Waals surface area (Å²) < 4.78 is 0. The number of rotatable bonds is 4. The maximum absolute atomic E-state index is 11.8. The molecule has 0 spiro atoms. The molecule has 1 amide bonds. The van der Waals surface area contributed by atoms with Crippen molar-refractivity contribution in [3.05, 3.63) is 58.9 Å². The maximum atomic E-state index is 11.8. The highest BCUT2D eigenvalue weighted by Crippen LogP contribution is 2.32. The predicted octanol–water partition coefficient (Wildman–Crippen LogP) is 3.09. The van der Waals surface area contributed by atoms with Gasteiger partial charge in [-0.1, -0.05) is 11.8 Å². The summed E-state index contributed by atoms with van der Waals surface area (Å²) in [5.41, 5.74) is 1.98. The lowest BCUT2D eigenvalue weighted by Gasteiger charge is -2.36. The molecule has 1 fully saturated rings. The number of carbonyl (C=O) groups excluding carboxylic acids is 1. The van der Waals surface area contributed by atoms with Gasteiger partial charge in [0.1, 0.15) is 22.8 Å². The van der Waals surface area contributed by atoms with Crippen LogP contribution in [0.3, 0.4) is 0 Å². The number of hydrogen-bond donors (Lipinski definition) is 3. The Bertz CT molecular complexity index is 1410. The minimum Gasteiger partial charge on any atom is -0.371 e. The van der Waals surface area contributed by atoms with E-state index in [0.717, 1.165) is 41.1 Å². The van der Waals surface area contributed by atoms with Gasteiger partial charge in [0.2, 0.25) is 5.91 Å². The average molecular weight is 488 g/mol. The molecule has 1 atom stereocenters. The van der Waals surface area contributed by atoms with Gasteiger partial charge in [0.25, 0.3) is 0 Å². The van der Waals surface area contributed by atoms with Crippen molar-refractivity contribution < 1.29 is 9.90 Å². The van der Waals surface area contributed by atoms with E-state index in [0.29, 0.717) is 23.9 Å². The average Bonchev–Trinajstić information content (AvgIpc) is 3.56. The lowest BCUT2D eigenvalue weighted by atomic mass is 10.1. The predicted molar refractivity (Wildman–Crippen MR) is 137 cm³/mol. The Morgan fingerprint density at radius 3 is 2.77 bits per heavy atom. The van der Waals surface area contributed by atoms with Crippen LogP contribution in [-0.2, 0) is 10.4 Å². The summed E-state index contributed by atoms with van der Waals surface area (Å²) in [6.45, 7) is 6.03. The first-order valence-electron chi connectivity index (χ1n) is 11.3. The van der Waals surface area contributed by atoms with Crippen LogP contribution in [0.1, 0.15) is 24.4 Å². The van der Waals surface area contributed by atoms with Crippen LogP contribution in [0.2, 0.25) is 0 Å². The van der Waals surface area contributed by atoms with E-state index in [1.165, 1.54) is 17.7 Å². The third-order valence-corrected chi connectivity index (χ3v) is 6.95. The molecule has 1 aromatic carbocycles. The van der Waals surface area contributed by atoms with E-state index in [1.807, 2.05) is 40.7 Å². The van der Waals surface area contributed by atoms with Crippen molar-refractivity contribution in [3.8, 4) is 11.8 Å². The number of amides is 1. The molecule has 1 aliphatic heterocycles. The van der Waals surface area contributed by atoms with Crippen molar-refractivity contribution in [1.82, 2.24) is 24.8 Å².